The van der Waals surface area contributed by atoms with Crippen LogP contribution in [-0.2, 0) is 16.0 Å². The Labute approximate surface area is 170 Å². The Morgan fingerprint density at radius 2 is 2.03 bits per heavy atom. The van der Waals surface area contributed by atoms with Gasteiger partial charge in [-0.3, -0.25) is 14.5 Å². The fraction of sp³-hybridized carbons (Fsp3) is 0.391. The van der Waals surface area contributed by atoms with E-state index in [1.54, 1.807) is 17.0 Å². The van der Waals surface area contributed by atoms with Gasteiger partial charge in [-0.25, -0.2) is 4.39 Å². The van der Waals surface area contributed by atoms with Gasteiger partial charge in [-0.15, -0.1) is 0 Å². The predicted molar refractivity (Wildman–Crippen MR) is 111 cm³/mol. The molecule has 5 nitrogen and oxygen atoms in total. The van der Waals surface area contributed by atoms with Gasteiger partial charge in [0.25, 0.3) is 0 Å². The topological polar surface area (TPSA) is 52.7 Å². The molecule has 2 aromatic carbocycles. The number of nitrogens with one attached hydrogen (secondary N) is 1. The third-order valence-electron chi connectivity index (χ3n) is 5.83. The van der Waals surface area contributed by atoms with Gasteiger partial charge >= 0.3 is 0 Å². The summed E-state index contributed by atoms with van der Waals surface area (Å²) >= 11 is 0. The Bertz CT molecular complexity index is 917. The van der Waals surface area contributed by atoms with Gasteiger partial charge in [-0.05, 0) is 62.6 Å². The van der Waals surface area contributed by atoms with Gasteiger partial charge in [0.05, 0.1) is 17.9 Å². The zero-order valence-corrected chi connectivity index (χ0v) is 16.6. The number of hydrogen-bond acceptors (Lipinski definition) is 3. The zero-order chi connectivity index (χ0) is 20.4. The number of halogens is 1. The van der Waals surface area contributed by atoms with Crippen LogP contribution >= 0.6 is 0 Å². The molecule has 2 aromatic rings. The number of hydrogen-bond donors (Lipinski definition) is 1. The summed E-state index contributed by atoms with van der Waals surface area (Å²) in [6.07, 6.45) is 3.03. The van der Waals surface area contributed by atoms with Gasteiger partial charge < -0.3 is 10.2 Å². The van der Waals surface area contributed by atoms with Crippen LogP contribution in [0.3, 0.4) is 0 Å². The monoisotopic (exact) mass is 395 g/mol. The lowest BCUT2D eigenvalue weighted by atomic mass is 10.0. The van der Waals surface area contributed by atoms with Gasteiger partial charge in [-0.2, -0.15) is 0 Å². The van der Waals surface area contributed by atoms with E-state index in [1.165, 1.54) is 6.07 Å². The number of carbonyl (C=O) groups is 2. The smallest absolute Gasteiger partial charge is 0.241 e. The summed E-state index contributed by atoms with van der Waals surface area (Å²) < 4.78 is 13.5. The molecule has 0 aromatic heterocycles. The van der Waals surface area contributed by atoms with E-state index in [2.05, 4.69) is 10.2 Å². The van der Waals surface area contributed by atoms with E-state index in [9.17, 15) is 14.0 Å². The Kier molecular flexibility index (Phi) is 5.62. The van der Waals surface area contributed by atoms with E-state index in [1.807, 2.05) is 37.3 Å². The summed E-state index contributed by atoms with van der Waals surface area (Å²) in [5.74, 6) is -0.312. The Morgan fingerprint density at radius 1 is 1.21 bits per heavy atom. The SMILES string of the molecule is CC1CC(=O)Nc2ccccc2N1C(=O)CN1CCCC1Cc1cccc(F)c1. The van der Waals surface area contributed by atoms with E-state index in [0.29, 0.717) is 12.2 Å². The third-order valence-corrected chi connectivity index (χ3v) is 5.83. The number of fused-ring (bicyclic) bond motifs is 1. The number of amides is 2. The van der Waals surface area contributed by atoms with Crippen LogP contribution < -0.4 is 10.2 Å². The van der Waals surface area contributed by atoms with Crippen molar-refractivity contribution < 1.29 is 14.0 Å². The average molecular weight is 395 g/mol. The van der Waals surface area contributed by atoms with Crippen molar-refractivity contribution in [2.75, 3.05) is 23.3 Å². The molecule has 2 amide bonds. The highest BCUT2D eigenvalue weighted by Crippen LogP contribution is 2.32. The van der Waals surface area contributed by atoms with Crippen molar-refractivity contribution in [2.24, 2.45) is 0 Å². The summed E-state index contributed by atoms with van der Waals surface area (Å²) in [6, 6.07) is 14.1. The van der Waals surface area contributed by atoms with E-state index in [0.717, 1.165) is 37.1 Å². The first-order valence-electron chi connectivity index (χ1n) is 10.2. The van der Waals surface area contributed by atoms with Gasteiger partial charge in [0.2, 0.25) is 11.8 Å². The second kappa shape index (κ2) is 8.33. The molecule has 2 aliphatic heterocycles. The summed E-state index contributed by atoms with van der Waals surface area (Å²) in [5.41, 5.74) is 2.38. The number of likely N-dealkylation sites (tertiary alicyclic amines) is 1. The summed E-state index contributed by atoms with van der Waals surface area (Å²) in [5, 5.41) is 2.90. The molecule has 0 bridgehead atoms. The molecule has 0 aliphatic carbocycles. The largest absolute Gasteiger partial charge is 0.324 e. The van der Waals surface area contributed by atoms with Crippen molar-refractivity contribution in [3.8, 4) is 0 Å². The Balaban J connectivity index is 1.51. The molecule has 29 heavy (non-hydrogen) atoms. The van der Waals surface area contributed by atoms with Gasteiger partial charge in [0.15, 0.2) is 0 Å². The highest BCUT2D eigenvalue weighted by molar-refractivity contribution is 6.04. The van der Waals surface area contributed by atoms with Crippen LogP contribution in [0.5, 0.6) is 0 Å². The zero-order valence-electron chi connectivity index (χ0n) is 16.6. The first kappa shape index (κ1) is 19.6. The minimum absolute atomic E-state index is 0.00686. The van der Waals surface area contributed by atoms with Crippen LogP contribution in [-0.4, -0.2) is 41.9 Å². The van der Waals surface area contributed by atoms with E-state index >= 15 is 0 Å². The average Bonchev–Trinajstić information content (AvgIpc) is 3.04. The molecule has 2 heterocycles. The number of benzene rings is 2. The van der Waals surface area contributed by atoms with Gasteiger partial charge in [0, 0.05) is 18.5 Å². The number of para-hydroxylation sites is 2. The second-order valence-corrected chi connectivity index (χ2v) is 7.98. The molecule has 1 saturated heterocycles. The fourth-order valence-electron chi connectivity index (χ4n) is 4.49. The fourth-order valence-corrected chi connectivity index (χ4v) is 4.49. The van der Waals surface area contributed by atoms with Crippen LogP contribution in [0.4, 0.5) is 15.8 Å². The maximum Gasteiger partial charge on any atom is 0.241 e. The highest BCUT2D eigenvalue weighted by Gasteiger charge is 2.33. The molecule has 4 rings (SSSR count). The lowest BCUT2D eigenvalue weighted by Crippen LogP contribution is -2.46. The number of rotatable bonds is 4. The molecular formula is C23H26FN3O2. The van der Waals surface area contributed by atoms with Gasteiger partial charge in [-0.1, -0.05) is 24.3 Å². The minimum Gasteiger partial charge on any atom is -0.324 e. The number of carbonyl (C=O) groups excluding carboxylic acids is 2. The maximum absolute atomic E-state index is 13.5. The molecule has 2 aliphatic rings. The molecule has 1 fully saturated rings. The summed E-state index contributed by atoms with van der Waals surface area (Å²) in [4.78, 5) is 29.4. The Morgan fingerprint density at radius 3 is 2.86 bits per heavy atom. The van der Waals surface area contributed by atoms with Crippen molar-refractivity contribution in [1.29, 1.82) is 0 Å². The van der Waals surface area contributed by atoms with Crippen molar-refractivity contribution in [2.45, 2.75) is 44.7 Å². The van der Waals surface area contributed by atoms with Crippen LogP contribution in [0.15, 0.2) is 48.5 Å². The Hall–Kier alpha value is -2.73. The van der Waals surface area contributed by atoms with E-state index < -0.39 is 0 Å². The quantitative estimate of drug-likeness (QED) is 0.861. The van der Waals surface area contributed by atoms with Crippen molar-refractivity contribution in [1.82, 2.24) is 4.90 Å². The summed E-state index contributed by atoms with van der Waals surface area (Å²) in [6.45, 7) is 3.06. The maximum atomic E-state index is 13.5. The van der Waals surface area contributed by atoms with Crippen molar-refractivity contribution >= 4 is 23.2 Å². The van der Waals surface area contributed by atoms with E-state index in [-0.39, 0.29) is 36.1 Å². The molecule has 0 saturated carbocycles. The molecule has 152 valence electrons. The highest BCUT2D eigenvalue weighted by atomic mass is 19.1. The molecule has 2 unspecified atom stereocenters. The standard InChI is InChI=1S/C23H26FN3O2/c1-16-12-22(28)25-20-9-2-3-10-21(20)27(16)23(29)15-26-11-5-8-19(26)14-17-6-4-7-18(24)13-17/h2-4,6-7,9-10,13,16,19H,5,8,11-12,14-15H2,1H3,(H,25,28). The molecule has 6 heteroatoms. The number of nitrogens with zero attached hydrogens (tertiary/aromatic N) is 2. The first-order valence-corrected chi connectivity index (χ1v) is 10.2. The van der Waals surface area contributed by atoms with Gasteiger partial charge in [0.1, 0.15) is 5.82 Å². The van der Waals surface area contributed by atoms with Crippen LogP contribution in [0.2, 0.25) is 0 Å². The van der Waals surface area contributed by atoms with E-state index in [4.69, 9.17) is 0 Å². The summed E-state index contributed by atoms with van der Waals surface area (Å²) in [7, 11) is 0. The lowest BCUT2D eigenvalue weighted by molar-refractivity contribution is -0.120. The normalized spacial score (nSPS) is 22.1. The predicted octanol–water partition coefficient (Wildman–Crippen LogP) is 3.60. The molecule has 0 spiro atoms. The van der Waals surface area contributed by atoms with Crippen molar-refractivity contribution in [3.63, 3.8) is 0 Å². The lowest BCUT2D eigenvalue weighted by Gasteiger charge is -2.31. The third kappa shape index (κ3) is 4.32. The second-order valence-electron chi connectivity index (χ2n) is 7.98. The number of anilines is 2. The van der Waals surface area contributed by atoms with Crippen LogP contribution in [0.1, 0.15) is 31.7 Å². The van der Waals surface area contributed by atoms with Crippen molar-refractivity contribution in [3.05, 3.63) is 59.9 Å². The minimum atomic E-state index is -0.227. The van der Waals surface area contributed by atoms with Crippen LogP contribution in [0, 0.1) is 5.82 Å². The van der Waals surface area contributed by atoms with Crippen LogP contribution in [0.25, 0.3) is 0 Å². The molecule has 2 atom stereocenters. The first-order chi connectivity index (χ1) is 14.0. The molecular weight excluding hydrogens is 369 g/mol. The molecule has 1 N–H and O–H groups in total. The molecule has 0 radical (unpaired) electrons.